The van der Waals surface area contributed by atoms with Gasteiger partial charge in [-0.25, -0.2) is 9.07 Å². The lowest BCUT2D eigenvalue weighted by molar-refractivity contribution is -0.131. The highest BCUT2D eigenvalue weighted by molar-refractivity contribution is 6.31. The van der Waals surface area contributed by atoms with Crippen LogP contribution in [-0.2, 0) is 17.9 Å². The molecule has 0 bridgehead atoms. The van der Waals surface area contributed by atoms with Gasteiger partial charge in [0.2, 0.25) is 5.91 Å². The number of aryl methyl sites for hydroxylation is 1. The third-order valence-electron chi connectivity index (χ3n) is 5.16. The van der Waals surface area contributed by atoms with Gasteiger partial charge < -0.3 is 4.90 Å². The maximum absolute atomic E-state index is 14.0. The Hall–Kier alpha value is -2.70. The van der Waals surface area contributed by atoms with E-state index < -0.39 is 5.82 Å². The Morgan fingerprint density at radius 3 is 2.40 bits per heavy atom. The van der Waals surface area contributed by atoms with Crippen molar-refractivity contribution in [1.29, 1.82) is 0 Å². The molecule has 2 aromatic carbocycles. The standard InChI is InChI=1S/C23H26ClFN4O/c1-16-19(17(2)29(26-16)18-9-6-5-7-10-18)13-27(3)15-23(30)28(4)14-20-21(24)11-8-12-22(20)25/h5-12H,13-15H2,1-4H3. The summed E-state index contributed by atoms with van der Waals surface area (Å²) in [6.07, 6.45) is 0. The number of nitrogens with zero attached hydrogens (tertiary/aromatic N) is 4. The van der Waals surface area contributed by atoms with Crippen molar-refractivity contribution in [3.05, 3.63) is 81.9 Å². The molecule has 0 fully saturated rings. The molecule has 0 aliphatic heterocycles. The van der Waals surface area contributed by atoms with Gasteiger partial charge in [0, 0.05) is 42.0 Å². The summed E-state index contributed by atoms with van der Waals surface area (Å²) in [6, 6.07) is 14.5. The molecule has 0 aliphatic carbocycles. The van der Waals surface area contributed by atoms with Crippen LogP contribution in [0.1, 0.15) is 22.5 Å². The lowest BCUT2D eigenvalue weighted by Crippen LogP contribution is -2.36. The van der Waals surface area contributed by atoms with Crippen molar-refractivity contribution in [2.75, 3.05) is 20.6 Å². The van der Waals surface area contributed by atoms with Gasteiger partial charge in [-0.15, -0.1) is 0 Å². The molecule has 1 heterocycles. The predicted octanol–water partition coefficient (Wildman–Crippen LogP) is 4.37. The van der Waals surface area contributed by atoms with E-state index >= 15 is 0 Å². The topological polar surface area (TPSA) is 41.4 Å². The number of para-hydroxylation sites is 1. The first-order valence-corrected chi connectivity index (χ1v) is 10.1. The largest absolute Gasteiger partial charge is 0.340 e. The highest BCUT2D eigenvalue weighted by Crippen LogP contribution is 2.21. The fraction of sp³-hybridized carbons (Fsp3) is 0.304. The first kappa shape index (κ1) is 22.0. The van der Waals surface area contributed by atoms with E-state index in [0.717, 1.165) is 22.6 Å². The van der Waals surface area contributed by atoms with E-state index in [1.807, 2.05) is 60.8 Å². The molecule has 5 nitrogen and oxygen atoms in total. The molecule has 7 heteroatoms. The maximum atomic E-state index is 14.0. The van der Waals surface area contributed by atoms with Crippen molar-refractivity contribution in [1.82, 2.24) is 19.6 Å². The van der Waals surface area contributed by atoms with E-state index in [2.05, 4.69) is 5.10 Å². The van der Waals surface area contributed by atoms with E-state index in [1.54, 1.807) is 19.2 Å². The van der Waals surface area contributed by atoms with Gasteiger partial charge in [-0.2, -0.15) is 5.10 Å². The molecule has 3 aromatic rings. The Morgan fingerprint density at radius 2 is 1.73 bits per heavy atom. The first-order chi connectivity index (χ1) is 14.3. The average Bonchev–Trinajstić information content (AvgIpc) is 2.99. The molecular weight excluding hydrogens is 403 g/mol. The zero-order valence-corrected chi connectivity index (χ0v) is 18.4. The predicted molar refractivity (Wildman–Crippen MR) is 117 cm³/mol. The summed E-state index contributed by atoms with van der Waals surface area (Å²) in [5.41, 5.74) is 4.40. The maximum Gasteiger partial charge on any atom is 0.236 e. The minimum absolute atomic E-state index is 0.109. The number of likely N-dealkylation sites (N-methyl/N-ethyl adjacent to an activating group) is 2. The molecular formula is C23H26ClFN4O. The highest BCUT2D eigenvalue weighted by Gasteiger charge is 2.19. The molecule has 0 radical (unpaired) electrons. The molecule has 0 atom stereocenters. The number of halogens is 2. The van der Waals surface area contributed by atoms with E-state index in [9.17, 15) is 9.18 Å². The van der Waals surface area contributed by atoms with Gasteiger partial charge in [-0.1, -0.05) is 35.9 Å². The number of rotatable bonds is 7. The van der Waals surface area contributed by atoms with Crippen LogP contribution in [-0.4, -0.2) is 46.1 Å². The summed E-state index contributed by atoms with van der Waals surface area (Å²) in [4.78, 5) is 16.1. The number of amides is 1. The quantitative estimate of drug-likeness (QED) is 0.561. The van der Waals surface area contributed by atoms with E-state index in [-0.39, 0.29) is 19.0 Å². The third kappa shape index (κ3) is 4.89. The SMILES string of the molecule is Cc1nn(-c2ccccc2)c(C)c1CN(C)CC(=O)N(C)Cc1c(F)cccc1Cl. The van der Waals surface area contributed by atoms with Crippen LogP contribution in [0.2, 0.25) is 5.02 Å². The summed E-state index contributed by atoms with van der Waals surface area (Å²) in [5, 5.41) is 4.98. The van der Waals surface area contributed by atoms with Crippen molar-refractivity contribution in [2.45, 2.75) is 26.9 Å². The zero-order chi connectivity index (χ0) is 21.8. The van der Waals surface area contributed by atoms with Gasteiger partial charge >= 0.3 is 0 Å². The Bertz CT molecular complexity index is 1010. The van der Waals surface area contributed by atoms with Gasteiger partial charge in [-0.3, -0.25) is 9.69 Å². The summed E-state index contributed by atoms with van der Waals surface area (Å²) in [6.45, 7) is 4.93. The second kappa shape index (κ2) is 9.41. The van der Waals surface area contributed by atoms with Crippen LogP contribution in [0.15, 0.2) is 48.5 Å². The fourth-order valence-electron chi connectivity index (χ4n) is 3.41. The first-order valence-electron chi connectivity index (χ1n) is 9.73. The Kier molecular flexibility index (Phi) is 6.90. The molecule has 0 saturated heterocycles. The Morgan fingerprint density at radius 1 is 1.03 bits per heavy atom. The number of aromatic nitrogens is 2. The van der Waals surface area contributed by atoms with Crippen LogP contribution in [0.3, 0.4) is 0 Å². The minimum Gasteiger partial charge on any atom is -0.340 e. The molecule has 0 aliphatic rings. The van der Waals surface area contributed by atoms with Crippen molar-refractivity contribution < 1.29 is 9.18 Å². The second-order valence-electron chi connectivity index (χ2n) is 7.52. The monoisotopic (exact) mass is 428 g/mol. The van der Waals surface area contributed by atoms with Crippen LogP contribution < -0.4 is 0 Å². The number of hydrogen-bond donors (Lipinski definition) is 0. The number of benzene rings is 2. The molecule has 0 spiro atoms. The van der Waals surface area contributed by atoms with Crippen LogP contribution in [0.4, 0.5) is 4.39 Å². The molecule has 30 heavy (non-hydrogen) atoms. The van der Waals surface area contributed by atoms with Crippen molar-refractivity contribution in [2.24, 2.45) is 0 Å². The average molecular weight is 429 g/mol. The number of carbonyl (C=O) groups is 1. The van der Waals surface area contributed by atoms with Crippen molar-refractivity contribution >= 4 is 17.5 Å². The smallest absolute Gasteiger partial charge is 0.236 e. The van der Waals surface area contributed by atoms with Crippen molar-refractivity contribution in [3.8, 4) is 5.69 Å². The van der Waals surface area contributed by atoms with Crippen molar-refractivity contribution in [3.63, 3.8) is 0 Å². The lowest BCUT2D eigenvalue weighted by Gasteiger charge is -2.22. The van der Waals surface area contributed by atoms with Gasteiger partial charge in [0.1, 0.15) is 5.82 Å². The highest BCUT2D eigenvalue weighted by atomic mass is 35.5. The van der Waals surface area contributed by atoms with Gasteiger partial charge in [0.15, 0.2) is 0 Å². The van der Waals surface area contributed by atoms with E-state index in [1.165, 1.54) is 11.0 Å². The van der Waals surface area contributed by atoms with Gasteiger partial charge in [0.05, 0.1) is 17.9 Å². The van der Waals surface area contributed by atoms with Crippen LogP contribution in [0.25, 0.3) is 5.69 Å². The molecule has 1 amide bonds. The van der Waals surface area contributed by atoms with Crippen LogP contribution in [0, 0.1) is 19.7 Å². The molecule has 158 valence electrons. The fourth-order valence-corrected chi connectivity index (χ4v) is 3.63. The summed E-state index contributed by atoms with van der Waals surface area (Å²) >= 11 is 6.08. The van der Waals surface area contributed by atoms with Crippen LogP contribution >= 0.6 is 11.6 Å². The normalized spacial score (nSPS) is 11.2. The summed E-state index contributed by atoms with van der Waals surface area (Å²) in [7, 11) is 3.55. The third-order valence-corrected chi connectivity index (χ3v) is 5.51. The molecule has 0 saturated carbocycles. The molecule has 0 N–H and O–H groups in total. The lowest BCUT2D eigenvalue weighted by atomic mass is 10.2. The van der Waals surface area contributed by atoms with E-state index in [0.29, 0.717) is 17.1 Å². The van der Waals surface area contributed by atoms with E-state index in [4.69, 9.17) is 11.6 Å². The number of carbonyl (C=O) groups excluding carboxylic acids is 1. The molecule has 1 aromatic heterocycles. The zero-order valence-electron chi connectivity index (χ0n) is 17.7. The van der Waals surface area contributed by atoms with Gasteiger partial charge in [-0.05, 0) is 45.2 Å². The molecule has 0 unspecified atom stereocenters. The second-order valence-corrected chi connectivity index (χ2v) is 7.93. The minimum atomic E-state index is -0.407. The summed E-state index contributed by atoms with van der Waals surface area (Å²) in [5.74, 6) is -0.516. The Balaban J connectivity index is 1.66. The van der Waals surface area contributed by atoms with Crippen LogP contribution in [0.5, 0.6) is 0 Å². The summed E-state index contributed by atoms with van der Waals surface area (Å²) < 4.78 is 15.9. The van der Waals surface area contributed by atoms with Gasteiger partial charge in [0.25, 0.3) is 0 Å². The Labute approximate surface area is 181 Å². The number of hydrogen-bond acceptors (Lipinski definition) is 3. The molecule has 3 rings (SSSR count).